The first-order valence-electron chi connectivity index (χ1n) is 8.68. The van der Waals surface area contributed by atoms with Gasteiger partial charge < -0.3 is 16.2 Å². The van der Waals surface area contributed by atoms with E-state index < -0.39 is 5.66 Å². The Bertz CT molecular complexity index is 674. The third kappa shape index (κ3) is 3.05. The van der Waals surface area contributed by atoms with E-state index in [9.17, 15) is 0 Å². The Morgan fingerprint density at radius 2 is 1.88 bits per heavy atom. The number of aliphatic imine (C=N–C) groups is 2. The molecule has 1 saturated carbocycles. The summed E-state index contributed by atoms with van der Waals surface area (Å²) in [6.07, 6.45) is 5.42. The monoisotopic (exact) mass is 329 g/mol. The Morgan fingerprint density at radius 3 is 2.54 bits per heavy atom. The van der Waals surface area contributed by atoms with E-state index in [1.165, 1.54) is 6.42 Å². The Kier molecular flexibility index (Phi) is 4.39. The van der Waals surface area contributed by atoms with Crippen LogP contribution in [0.25, 0.3) is 0 Å². The van der Waals surface area contributed by atoms with Crippen LogP contribution in [0.3, 0.4) is 0 Å². The first-order valence-corrected chi connectivity index (χ1v) is 8.68. The number of rotatable bonds is 3. The molecule has 1 aromatic rings. The van der Waals surface area contributed by atoms with Crippen LogP contribution in [0.2, 0.25) is 0 Å². The van der Waals surface area contributed by atoms with E-state index in [2.05, 4.69) is 22.9 Å². The molecule has 0 radical (unpaired) electrons. The number of guanidine groups is 2. The first kappa shape index (κ1) is 16.6. The summed E-state index contributed by atoms with van der Waals surface area (Å²) in [4.78, 5) is 11.0. The van der Waals surface area contributed by atoms with Gasteiger partial charge >= 0.3 is 0 Å². The molecule has 0 aromatic heterocycles. The van der Waals surface area contributed by atoms with Crippen molar-refractivity contribution in [2.45, 2.75) is 64.6 Å². The molecule has 4 N–H and O–H groups in total. The number of ether oxygens (including phenoxy) is 1. The van der Waals surface area contributed by atoms with Crippen molar-refractivity contribution in [3.8, 4) is 5.75 Å². The highest BCUT2D eigenvalue weighted by Crippen LogP contribution is 2.41. The maximum Gasteiger partial charge on any atom is 0.220 e. The fraction of sp³-hybridized carbons (Fsp3) is 0.556. The lowest BCUT2D eigenvalue weighted by Gasteiger charge is -2.46. The zero-order valence-electron chi connectivity index (χ0n) is 14.7. The Balaban J connectivity index is 2.06. The highest BCUT2D eigenvalue weighted by molar-refractivity contribution is 6.06. The molecule has 1 aliphatic carbocycles. The van der Waals surface area contributed by atoms with Crippen molar-refractivity contribution in [1.82, 2.24) is 0 Å². The summed E-state index contributed by atoms with van der Waals surface area (Å²) in [5.74, 6) is 1.51. The average molecular weight is 329 g/mol. The lowest BCUT2D eigenvalue weighted by atomic mass is 9.87. The lowest BCUT2D eigenvalue weighted by molar-refractivity contribution is 0.242. The van der Waals surface area contributed by atoms with Gasteiger partial charge in [0.25, 0.3) is 0 Å². The summed E-state index contributed by atoms with van der Waals surface area (Å²) in [5.41, 5.74) is 13.9. The smallest absolute Gasteiger partial charge is 0.220 e. The van der Waals surface area contributed by atoms with Crippen LogP contribution in [-0.4, -0.2) is 23.7 Å². The number of anilines is 1. The second-order valence-electron chi connectivity index (χ2n) is 6.93. The molecule has 6 heteroatoms. The van der Waals surface area contributed by atoms with Gasteiger partial charge in [0.15, 0.2) is 0 Å². The van der Waals surface area contributed by atoms with E-state index >= 15 is 0 Å². The van der Waals surface area contributed by atoms with E-state index in [1.54, 1.807) is 0 Å². The fourth-order valence-electron chi connectivity index (χ4n) is 3.65. The van der Waals surface area contributed by atoms with Gasteiger partial charge in [-0.1, -0.05) is 12.5 Å². The molecule has 2 aliphatic rings. The standard InChI is InChI=1S/C18H27N5O/c1-12(2)24-14-8-7-13(3)15(11-14)23-17(20)21-16(19)22-18(23)9-5-4-6-10-18/h7-8,11-12H,4-6,9-10H2,1-3H3,(H4,19,20,21,22). The molecule has 1 spiro atoms. The number of hydrogen-bond donors (Lipinski definition) is 2. The van der Waals surface area contributed by atoms with Crippen molar-refractivity contribution in [2.24, 2.45) is 21.5 Å². The summed E-state index contributed by atoms with van der Waals surface area (Å²) in [6, 6.07) is 6.07. The highest BCUT2D eigenvalue weighted by Gasteiger charge is 2.43. The Labute approximate surface area is 143 Å². The van der Waals surface area contributed by atoms with Gasteiger partial charge in [-0.3, -0.25) is 4.90 Å². The van der Waals surface area contributed by atoms with E-state index in [1.807, 2.05) is 26.0 Å². The van der Waals surface area contributed by atoms with Gasteiger partial charge in [0, 0.05) is 6.07 Å². The maximum atomic E-state index is 6.30. The predicted molar refractivity (Wildman–Crippen MR) is 98.5 cm³/mol. The van der Waals surface area contributed by atoms with Crippen molar-refractivity contribution in [3.05, 3.63) is 23.8 Å². The molecular formula is C18H27N5O. The molecule has 6 nitrogen and oxygen atoms in total. The summed E-state index contributed by atoms with van der Waals surface area (Å²) < 4.78 is 5.86. The molecule has 0 atom stereocenters. The van der Waals surface area contributed by atoms with Crippen LogP contribution >= 0.6 is 0 Å². The molecule has 0 unspecified atom stereocenters. The first-order chi connectivity index (χ1) is 11.4. The van der Waals surface area contributed by atoms with Crippen LogP contribution in [0.5, 0.6) is 5.75 Å². The minimum atomic E-state index is -0.421. The van der Waals surface area contributed by atoms with Crippen molar-refractivity contribution >= 4 is 17.6 Å². The molecule has 0 amide bonds. The molecule has 1 fully saturated rings. The number of aryl methyl sites for hydroxylation is 1. The summed E-state index contributed by atoms with van der Waals surface area (Å²) in [5, 5.41) is 0. The minimum absolute atomic E-state index is 0.116. The molecule has 130 valence electrons. The van der Waals surface area contributed by atoms with Gasteiger partial charge in [-0.05, 0) is 58.1 Å². The van der Waals surface area contributed by atoms with Gasteiger partial charge in [-0.25, -0.2) is 4.99 Å². The van der Waals surface area contributed by atoms with Crippen LogP contribution in [0.4, 0.5) is 5.69 Å². The molecule has 0 saturated heterocycles. The lowest BCUT2D eigenvalue weighted by Crippen LogP contribution is -2.58. The third-order valence-electron chi connectivity index (χ3n) is 4.64. The average Bonchev–Trinajstić information content (AvgIpc) is 2.50. The van der Waals surface area contributed by atoms with Gasteiger partial charge in [0.05, 0.1) is 11.8 Å². The molecule has 1 aliphatic heterocycles. The highest BCUT2D eigenvalue weighted by atomic mass is 16.5. The molecule has 1 aromatic carbocycles. The summed E-state index contributed by atoms with van der Waals surface area (Å²) in [6.45, 7) is 6.10. The van der Waals surface area contributed by atoms with Crippen molar-refractivity contribution in [1.29, 1.82) is 0 Å². The molecule has 3 rings (SSSR count). The quantitative estimate of drug-likeness (QED) is 0.892. The van der Waals surface area contributed by atoms with E-state index in [0.29, 0.717) is 5.96 Å². The fourth-order valence-corrected chi connectivity index (χ4v) is 3.65. The van der Waals surface area contributed by atoms with Crippen LogP contribution in [0.1, 0.15) is 51.5 Å². The zero-order chi connectivity index (χ0) is 17.3. The molecular weight excluding hydrogens is 302 g/mol. The zero-order valence-corrected chi connectivity index (χ0v) is 14.7. The molecule has 0 bridgehead atoms. The third-order valence-corrected chi connectivity index (χ3v) is 4.64. The van der Waals surface area contributed by atoms with Crippen molar-refractivity contribution in [3.63, 3.8) is 0 Å². The maximum absolute atomic E-state index is 6.30. The van der Waals surface area contributed by atoms with Crippen molar-refractivity contribution < 1.29 is 4.74 Å². The van der Waals surface area contributed by atoms with Gasteiger partial charge in [0.1, 0.15) is 11.4 Å². The van der Waals surface area contributed by atoms with Gasteiger partial charge in [0.2, 0.25) is 11.9 Å². The number of nitrogens with zero attached hydrogens (tertiary/aromatic N) is 3. The van der Waals surface area contributed by atoms with Crippen LogP contribution in [0.15, 0.2) is 28.2 Å². The SMILES string of the molecule is Cc1ccc(OC(C)C)cc1N1C(N)=NC(N)=NC12CCCCC2. The number of benzene rings is 1. The van der Waals surface area contributed by atoms with E-state index in [4.69, 9.17) is 21.2 Å². The molecule has 24 heavy (non-hydrogen) atoms. The van der Waals surface area contributed by atoms with Crippen LogP contribution < -0.4 is 21.1 Å². The van der Waals surface area contributed by atoms with Gasteiger partial charge in [-0.2, -0.15) is 4.99 Å². The number of nitrogens with two attached hydrogens (primary N) is 2. The van der Waals surface area contributed by atoms with E-state index in [0.717, 1.165) is 42.7 Å². The largest absolute Gasteiger partial charge is 0.491 e. The van der Waals surface area contributed by atoms with Crippen molar-refractivity contribution in [2.75, 3.05) is 4.90 Å². The predicted octanol–water partition coefficient (Wildman–Crippen LogP) is 2.89. The van der Waals surface area contributed by atoms with Gasteiger partial charge in [-0.15, -0.1) is 0 Å². The second kappa shape index (κ2) is 6.34. The minimum Gasteiger partial charge on any atom is -0.491 e. The summed E-state index contributed by atoms with van der Waals surface area (Å²) >= 11 is 0. The Hall–Kier alpha value is -2.24. The normalized spacial score (nSPS) is 20.1. The van der Waals surface area contributed by atoms with Crippen LogP contribution in [0, 0.1) is 6.92 Å². The topological polar surface area (TPSA) is 89.2 Å². The number of hydrogen-bond acceptors (Lipinski definition) is 6. The molecule has 1 heterocycles. The summed E-state index contributed by atoms with van der Waals surface area (Å²) in [7, 11) is 0. The van der Waals surface area contributed by atoms with Crippen LogP contribution in [-0.2, 0) is 0 Å². The van der Waals surface area contributed by atoms with E-state index in [-0.39, 0.29) is 12.1 Å². The Morgan fingerprint density at radius 1 is 1.17 bits per heavy atom. The second-order valence-corrected chi connectivity index (χ2v) is 6.93.